The molecule has 1 fully saturated rings. The fourth-order valence-corrected chi connectivity index (χ4v) is 4.79. The number of para-hydroxylation sites is 1. The van der Waals surface area contributed by atoms with Gasteiger partial charge < -0.3 is 10.6 Å². The highest BCUT2D eigenvalue weighted by atomic mass is 35.5. The maximum atomic E-state index is 15.1. The minimum atomic E-state index is -3.80. The summed E-state index contributed by atoms with van der Waals surface area (Å²) in [7, 11) is -3.80. The predicted octanol–water partition coefficient (Wildman–Crippen LogP) is 4.89. The molecule has 196 valence electrons. The third kappa shape index (κ3) is 5.18. The van der Waals surface area contributed by atoms with E-state index in [1.54, 1.807) is 18.2 Å². The standard InChI is InChI=1S/C25H22ClFN6O4S/c1-2-38(36,37)33-19-10-9-17(26)20(21(19)27)25(35)30-18-6-4-3-5-15(18)24(34)29-14-11-16-22(13-7-8-13)31-32-23(16)28-12-14/h3-6,9-13,33H,2,7-8H2,1H3,(H,29,34)(H,30,35)(H,28,31,32). The Morgan fingerprint density at radius 3 is 2.61 bits per heavy atom. The minimum absolute atomic E-state index is 0.0982. The molecule has 2 amide bonds. The normalized spacial score (nSPS) is 13.3. The molecule has 1 aliphatic carbocycles. The molecule has 0 bridgehead atoms. The van der Waals surface area contributed by atoms with Crippen LogP contribution in [0.4, 0.5) is 21.5 Å². The Hall–Kier alpha value is -4.03. The molecule has 1 saturated carbocycles. The Labute approximate surface area is 222 Å². The lowest BCUT2D eigenvalue weighted by Crippen LogP contribution is -2.21. The van der Waals surface area contributed by atoms with Crippen LogP contribution in [0.25, 0.3) is 11.0 Å². The van der Waals surface area contributed by atoms with Gasteiger partial charge in [0.05, 0.1) is 45.2 Å². The molecule has 0 saturated heterocycles. The second-order valence-electron chi connectivity index (χ2n) is 8.75. The summed E-state index contributed by atoms with van der Waals surface area (Å²) in [5, 5.41) is 13.1. The molecule has 2 heterocycles. The van der Waals surface area contributed by atoms with Crippen molar-refractivity contribution in [3.63, 3.8) is 0 Å². The molecule has 4 N–H and O–H groups in total. The maximum Gasteiger partial charge on any atom is 0.260 e. The first-order chi connectivity index (χ1) is 18.2. The lowest BCUT2D eigenvalue weighted by atomic mass is 10.1. The van der Waals surface area contributed by atoms with Crippen molar-refractivity contribution in [2.24, 2.45) is 0 Å². The Balaban J connectivity index is 1.39. The molecule has 38 heavy (non-hydrogen) atoms. The first-order valence-electron chi connectivity index (χ1n) is 11.7. The first kappa shape index (κ1) is 25.6. The Morgan fingerprint density at radius 2 is 1.87 bits per heavy atom. The fourth-order valence-electron chi connectivity index (χ4n) is 3.92. The van der Waals surface area contributed by atoms with E-state index in [9.17, 15) is 18.0 Å². The highest BCUT2D eigenvalue weighted by Gasteiger charge is 2.28. The first-order valence-corrected chi connectivity index (χ1v) is 13.7. The van der Waals surface area contributed by atoms with Gasteiger partial charge in [-0.3, -0.25) is 19.4 Å². The smallest absolute Gasteiger partial charge is 0.260 e. The Morgan fingerprint density at radius 1 is 1.11 bits per heavy atom. The van der Waals surface area contributed by atoms with E-state index < -0.39 is 38.9 Å². The van der Waals surface area contributed by atoms with Gasteiger partial charge in [-0.2, -0.15) is 5.10 Å². The summed E-state index contributed by atoms with van der Waals surface area (Å²) in [6, 6.07) is 10.3. The number of benzene rings is 2. The third-order valence-electron chi connectivity index (χ3n) is 6.07. The van der Waals surface area contributed by atoms with Crippen LogP contribution in [0.5, 0.6) is 0 Å². The van der Waals surface area contributed by atoms with E-state index in [2.05, 4.69) is 30.5 Å². The van der Waals surface area contributed by atoms with Gasteiger partial charge in [0.15, 0.2) is 11.5 Å². The van der Waals surface area contributed by atoms with Gasteiger partial charge in [0, 0.05) is 17.0 Å². The van der Waals surface area contributed by atoms with Crippen molar-refractivity contribution in [1.29, 1.82) is 0 Å². The summed E-state index contributed by atoms with van der Waals surface area (Å²) in [4.78, 5) is 30.5. The van der Waals surface area contributed by atoms with Crippen LogP contribution in [0.2, 0.25) is 5.02 Å². The number of halogens is 2. The topological polar surface area (TPSA) is 146 Å². The second kappa shape index (κ2) is 10.0. The molecule has 0 unspecified atom stereocenters. The molecule has 2 aromatic heterocycles. The molecule has 0 spiro atoms. The van der Waals surface area contributed by atoms with Gasteiger partial charge in [-0.15, -0.1) is 0 Å². The van der Waals surface area contributed by atoms with Gasteiger partial charge in [0.1, 0.15) is 0 Å². The average Bonchev–Trinajstić information content (AvgIpc) is 3.65. The summed E-state index contributed by atoms with van der Waals surface area (Å²) in [5.41, 5.74) is 1.20. The summed E-state index contributed by atoms with van der Waals surface area (Å²) < 4.78 is 41.0. The number of nitrogens with one attached hydrogen (secondary N) is 4. The number of anilines is 3. The van der Waals surface area contributed by atoms with E-state index in [-0.39, 0.29) is 22.0 Å². The van der Waals surface area contributed by atoms with Crippen LogP contribution in [-0.4, -0.2) is 41.2 Å². The zero-order chi connectivity index (χ0) is 27.0. The molecule has 0 aliphatic heterocycles. The summed E-state index contributed by atoms with van der Waals surface area (Å²) in [6.07, 6.45) is 3.62. The van der Waals surface area contributed by atoms with Crippen LogP contribution in [0, 0.1) is 5.82 Å². The second-order valence-corrected chi connectivity index (χ2v) is 11.2. The molecule has 2 aromatic carbocycles. The van der Waals surface area contributed by atoms with E-state index in [0.29, 0.717) is 17.3 Å². The van der Waals surface area contributed by atoms with Crippen molar-refractivity contribution in [3.8, 4) is 0 Å². The highest BCUT2D eigenvalue weighted by Crippen LogP contribution is 2.42. The number of amides is 2. The van der Waals surface area contributed by atoms with Crippen LogP contribution in [0.15, 0.2) is 48.7 Å². The number of pyridine rings is 1. The summed E-state index contributed by atoms with van der Waals surface area (Å²) >= 11 is 6.08. The number of carbonyl (C=O) groups is 2. The highest BCUT2D eigenvalue weighted by molar-refractivity contribution is 7.92. The zero-order valence-electron chi connectivity index (χ0n) is 20.0. The molecular formula is C25H22ClFN6O4S. The van der Waals surface area contributed by atoms with Gasteiger partial charge in [0.2, 0.25) is 10.0 Å². The largest absolute Gasteiger partial charge is 0.321 e. The number of aromatic amines is 1. The molecule has 1 aliphatic rings. The molecule has 13 heteroatoms. The molecular weight excluding hydrogens is 535 g/mol. The van der Waals surface area contributed by atoms with Crippen LogP contribution in [0.1, 0.15) is 52.1 Å². The monoisotopic (exact) mass is 556 g/mol. The van der Waals surface area contributed by atoms with Gasteiger partial charge in [0.25, 0.3) is 11.8 Å². The van der Waals surface area contributed by atoms with Crippen LogP contribution < -0.4 is 15.4 Å². The number of H-pyrrole nitrogens is 1. The lowest BCUT2D eigenvalue weighted by molar-refractivity contribution is 0.102. The SMILES string of the molecule is CCS(=O)(=O)Nc1ccc(Cl)c(C(=O)Nc2ccccc2C(=O)Nc2cnc3n[nH]c(C4CC4)c3c2)c1F. The molecule has 0 atom stereocenters. The number of carbonyl (C=O) groups excluding carboxylic acids is 2. The van der Waals surface area contributed by atoms with Gasteiger partial charge in [-0.05, 0) is 50.1 Å². The van der Waals surface area contributed by atoms with Gasteiger partial charge in [-0.1, -0.05) is 23.7 Å². The number of nitrogens with zero attached hydrogens (tertiary/aromatic N) is 2. The Bertz CT molecular complexity index is 1690. The number of sulfonamides is 1. The Kier molecular flexibility index (Phi) is 6.76. The summed E-state index contributed by atoms with van der Waals surface area (Å²) in [5.74, 6) is -2.51. The lowest BCUT2D eigenvalue weighted by Gasteiger charge is -2.14. The molecule has 4 aromatic rings. The van der Waals surface area contributed by atoms with Crippen molar-refractivity contribution in [2.75, 3.05) is 21.1 Å². The number of rotatable bonds is 8. The van der Waals surface area contributed by atoms with E-state index in [4.69, 9.17) is 11.6 Å². The number of hydrogen-bond acceptors (Lipinski definition) is 6. The minimum Gasteiger partial charge on any atom is -0.321 e. The fraction of sp³-hybridized carbons (Fsp3) is 0.200. The maximum absolute atomic E-state index is 15.1. The van der Waals surface area contributed by atoms with E-state index in [1.807, 2.05) is 0 Å². The molecule has 5 rings (SSSR count). The van der Waals surface area contributed by atoms with Crippen LogP contribution in [-0.2, 0) is 10.0 Å². The zero-order valence-corrected chi connectivity index (χ0v) is 21.6. The van der Waals surface area contributed by atoms with Crippen molar-refractivity contribution in [2.45, 2.75) is 25.7 Å². The number of aromatic nitrogens is 3. The van der Waals surface area contributed by atoms with Crippen molar-refractivity contribution in [3.05, 3.63) is 76.3 Å². The van der Waals surface area contributed by atoms with Crippen LogP contribution >= 0.6 is 11.6 Å². The van der Waals surface area contributed by atoms with Crippen molar-refractivity contribution >= 4 is 61.5 Å². The average molecular weight is 557 g/mol. The quantitative estimate of drug-likeness (QED) is 0.243. The van der Waals surface area contributed by atoms with Crippen LogP contribution in [0.3, 0.4) is 0 Å². The number of fused-ring (bicyclic) bond motifs is 1. The summed E-state index contributed by atoms with van der Waals surface area (Å²) in [6.45, 7) is 1.39. The molecule has 0 radical (unpaired) electrons. The number of hydrogen-bond donors (Lipinski definition) is 4. The predicted molar refractivity (Wildman–Crippen MR) is 143 cm³/mol. The van der Waals surface area contributed by atoms with E-state index >= 15 is 4.39 Å². The third-order valence-corrected chi connectivity index (χ3v) is 7.67. The molecule has 10 nitrogen and oxygen atoms in total. The van der Waals surface area contributed by atoms with E-state index in [1.165, 1.54) is 31.3 Å². The van der Waals surface area contributed by atoms with Gasteiger partial charge in [-0.25, -0.2) is 17.8 Å². The van der Waals surface area contributed by atoms with Gasteiger partial charge >= 0.3 is 0 Å². The van der Waals surface area contributed by atoms with Crippen molar-refractivity contribution in [1.82, 2.24) is 15.2 Å². The van der Waals surface area contributed by atoms with Crippen molar-refractivity contribution < 1.29 is 22.4 Å². The van der Waals surface area contributed by atoms with E-state index in [0.717, 1.165) is 30.0 Å².